The molecule has 0 atom stereocenters. The highest BCUT2D eigenvalue weighted by molar-refractivity contribution is 7.92. The van der Waals surface area contributed by atoms with Crippen LogP contribution in [-0.4, -0.2) is 29.4 Å². The molecular weight excluding hydrogens is 493 g/mol. The number of benzene rings is 2. The normalized spacial score (nSPS) is 11.0. The molecule has 3 N–H and O–H groups in total. The molecule has 0 aliphatic rings. The SMILES string of the molecule is Cc1cc(C)nc(NS(=O)(=O)c2ccc(NC(=S)NC(=O)c3cc(Cl)ccc3Cl)cc2)n1. The lowest BCUT2D eigenvalue weighted by atomic mass is 10.2. The van der Waals surface area contributed by atoms with Crippen LogP contribution in [0.4, 0.5) is 11.6 Å². The van der Waals surface area contributed by atoms with Crippen molar-refractivity contribution in [3.05, 3.63) is 75.5 Å². The Labute approximate surface area is 200 Å². The van der Waals surface area contributed by atoms with E-state index in [2.05, 4.69) is 25.3 Å². The lowest BCUT2D eigenvalue weighted by Gasteiger charge is -2.12. The molecule has 1 heterocycles. The standard InChI is InChI=1S/C20H17Cl2N5O3S2/c1-11-9-12(2)24-19(23-11)27-32(29,30)15-6-4-14(5-7-15)25-20(31)26-18(28)16-10-13(21)3-8-17(16)22/h3-10H,1-2H3,(H,23,24,27)(H2,25,26,28,31). The van der Waals surface area contributed by atoms with E-state index in [1.165, 1.54) is 36.4 Å². The van der Waals surface area contributed by atoms with Crippen LogP contribution in [0.5, 0.6) is 0 Å². The number of hydrogen-bond acceptors (Lipinski definition) is 6. The molecule has 1 aromatic heterocycles. The van der Waals surface area contributed by atoms with Gasteiger partial charge in [0.15, 0.2) is 5.11 Å². The molecule has 0 aliphatic heterocycles. The number of aryl methyl sites for hydroxylation is 2. The second kappa shape index (κ2) is 9.78. The van der Waals surface area contributed by atoms with Crippen LogP contribution in [0, 0.1) is 13.8 Å². The monoisotopic (exact) mass is 509 g/mol. The third-order valence-corrected chi connectivity index (χ3v) is 6.14. The minimum absolute atomic E-state index is 0.00316. The van der Waals surface area contributed by atoms with E-state index in [9.17, 15) is 13.2 Å². The summed E-state index contributed by atoms with van der Waals surface area (Å²) in [5, 5.41) is 5.88. The zero-order valence-corrected chi connectivity index (χ0v) is 20.0. The highest BCUT2D eigenvalue weighted by Gasteiger charge is 2.17. The molecule has 12 heteroatoms. The van der Waals surface area contributed by atoms with Gasteiger partial charge in [-0.25, -0.2) is 23.1 Å². The smallest absolute Gasteiger partial charge is 0.264 e. The highest BCUT2D eigenvalue weighted by atomic mass is 35.5. The molecule has 8 nitrogen and oxygen atoms in total. The van der Waals surface area contributed by atoms with E-state index in [0.29, 0.717) is 22.1 Å². The third kappa shape index (κ3) is 6.13. The number of halogens is 2. The number of anilines is 2. The molecule has 166 valence electrons. The van der Waals surface area contributed by atoms with Crippen molar-refractivity contribution in [2.45, 2.75) is 18.7 Å². The van der Waals surface area contributed by atoms with Crippen LogP contribution < -0.4 is 15.4 Å². The summed E-state index contributed by atoms with van der Waals surface area (Å²) in [6, 6.07) is 12.0. The maximum absolute atomic E-state index is 12.6. The number of thiocarbonyl (C=S) groups is 1. The molecule has 0 bridgehead atoms. The first-order chi connectivity index (χ1) is 15.0. The number of carbonyl (C=O) groups excluding carboxylic acids is 1. The van der Waals surface area contributed by atoms with Gasteiger partial charge in [-0.3, -0.25) is 10.1 Å². The summed E-state index contributed by atoms with van der Waals surface area (Å²) in [6.45, 7) is 3.49. The van der Waals surface area contributed by atoms with E-state index < -0.39 is 15.9 Å². The van der Waals surface area contributed by atoms with Crippen LogP contribution in [-0.2, 0) is 10.0 Å². The molecule has 0 aliphatic carbocycles. The molecule has 3 rings (SSSR count). The van der Waals surface area contributed by atoms with Crippen molar-refractivity contribution < 1.29 is 13.2 Å². The topological polar surface area (TPSA) is 113 Å². The Hall–Kier alpha value is -2.79. The van der Waals surface area contributed by atoms with Gasteiger partial charge in [0.05, 0.1) is 15.5 Å². The Bertz CT molecular complexity index is 1280. The summed E-state index contributed by atoms with van der Waals surface area (Å²) in [4.78, 5) is 20.5. The number of aromatic nitrogens is 2. The second-order valence-corrected chi connectivity index (χ2v) is 9.57. The third-order valence-electron chi connectivity index (χ3n) is 4.03. The summed E-state index contributed by atoms with van der Waals surface area (Å²) < 4.78 is 27.6. The van der Waals surface area contributed by atoms with Gasteiger partial charge in [0.25, 0.3) is 15.9 Å². The minimum atomic E-state index is -3.89. The summed E-state index contributed by atoms with van der Waals surface area (Å²) in [6.07, 6.45) is 0. The van der Waals surface area contributed by atoms with Gasteiger partial charge in [0, 0.05) is 22.1 Å². The van der Waals surface area contributed by atoms with Crippen LogP contribution in [0.2, 0.25) is 10.0 Å². The number of amides is 1. The average molecular weight is 510 g/mol. The molecular formula is C20H17Cl2N5O3S2. The second-order valence-electron chi connectivity index (χ2n) is 6.64. The molecule has 32 heavy (non-hydrogen) atoms. The van der Waals surface area contributed by atoms with Crippen LogP contribution in [0.3, 0.4) is 0 Å². The lowest BCUT2D eigenvalue weighted by molar-refractivity contribution is 0.0978. The van der Waals surface area contributed by atoms with E-state index in [-0.39, 0.29) is 26.5 Å². The number of hydrogen-bond donors (Lipinski definition) is 3. The van der Waals surface area contributed by atoms with E-state index in [1.807, 2.05) is 0 Å². The van der Waals surface area contributed by atoms with Gasteiger partial charge in [-0.05, 0) is 74.6 Å². The van der Waals surface area contributed by atoms with Gasteiger partial charge in [-0.2, -0.15) is 0 Å². The van der Waals surface area contributed by atoms with Crippen LogP contribution in [0.1, 0.15) is 21.7 Å². The van der Waals surface area contributed by atoms with Crippen molar-refractivity contribution in [1.29, 1.82) is 0 Å². The molecule has 1 amide bonds. The van der Waals surface area contributed by atoms with Crippen LogP contribution in [0.25, 0.3) is 0 Å². The number of rotatable bonds is 5. The summed E-state index contributed by atoms with van der Waals surface area (Å²) >= 11 is 17.1. The predicted octanol–water partition coefficient (Wildman–Crippen LogP) is 4.33. The van der Waals surface area contributed by atoms with Crippen molar-refractivity contribution in [2.75, 3.05) is 10.0 Å². The highest BCUT2D eigenvalue weighted by Crippen LogP contribution is 2.21. The first-order valence-corrected chi connectivity index (χ1v) is 11.7. The molecule has 0 radical (unpaired) electrons. The zero-order valence-electron chi connectivity index (χ0n) is 16.8. The van der Waals surface area contributed by atoms with Crippen LogP contribution >= 0.6 is 35.4 Å². The lowest BCUT2D eigenvalue weighted by Crippen LogP contribution is -2.34. The molecule has 0 saturated carbocycles. The molecule has 2 aromatic carbocycles. The minimum Gasteiger partial charge on any atom is -0.332 e. The fourth-order valence-corrected chi connectivity index (χ4v) is 4.20. The first-order valence-electron chi connectivity index (χ1n) is 9.06. The van der Waals surface area contributed by atoms with Crippen molar-refractivity contribution in [1.82, 2.24) is 15.3 Å². The maximum Gasteiger partial charge on any atom is 0.264 e. The van der Waals surface area contributed by atoms with Crippen molar-refractivity contribution in [3.63, 3.8) is 0 Å². The molecule has 0 fully saturated rings. The summed E-state index contributed by atoms with van der Waals surface area (Å²) in [5.74, 6) is -0.542. The number of nitrogens with one attached hydrogen (secondary N) is 3. The first kappa shape index (κ1) is 23.9. The Morgan fingerprint density at radius 2 is 1.59 bits per heavy atom. The average Bonchev–Trinajstić information content (AvgIpc) is 2.69. The molecule has 0 spiro atoms. The Morgan fingerprint density at radius 1 is 0.969 bits per heavy atom. The summed E-state index contributed by atoms with van der Waals surface area (Å²) in [5.41, 5.74) is 1.92. The van der Waals surface area contributed by atoms with Gasteiger partial charge in [-0.15, -0.1) is 0 Å². The largest absolute Gasteiger partial charge is 0.332 e. The Kier molecular flexibility index (Phi) is 7.29. The van der Waals surface area contributed by atoms with Crippen molar-refractivity contribution in [2.24, 2.45) is 0 Å². The van der Waals surface area contributed by atoms with Crippen LogP contribution in [0.15, 0.2) is 53.4 Å². The fraction of sp³-hybridized carbons (Fsp3) is 0.100. The fourth-order valence-electron chi connectivity index (χ4n) is 2.67. The van der Waals surface area contributed by atoms with Crippen molar-refractivity contribution >= 4 is 68.1 Å². The van der Waals surface area contributed by atoms with Gasteiger partial charge >= 0.3 is 0 Å². The van der Waals surface area contributed by atoms with Gasteiger partial charge in [-0.1, -0.05) is 23.2 Å². The predicted molar refractivity (Wildman–Crippen MR) is 129 cm³/mol. The van der Waals surface area contributed by atoms with E-state index in [0.717, 1.165) is 0 Å². The molecule has 3 aromatic rings. The number of nitrogens with zero attached hydrogens (tertiary/aromatic N) is 2. The molecule has 0 saturated heterocycles. The zero-order chi connectivity index (χ0) is 23.5. The number of carbonyl (C=O) groups is 1. The molecule has 0 unspecified atom stereocenters. The Balaban J connectivity index is 1.66. The van der Waals surface area contributed by atoms with Gasteiger partial charge in [0.1, 0.15) is 0 Å². The van der Waals surface area contributed by atoms with Gasteiger partial charge < -0.3 is 5.32 Å². The number of sulfonamides is 1. The Morgan fingerprint density at radius 3 is 2.22 bits per heavy atom. The maximum atomic E-state index is 12.6. The van der Waals surface area contributed by atoms with Gasteiger partial charge in [0.2, 0.25) is 5.95 Å². The quantitative estimate of drug-likeness (QED) is 0.438. The van der Waals surface area contributed by atoms with E-state index in [4.69, 9.17) is 35.4 Å². The summed E-state index contributed by atoms with van der Waals surface area (Å²) in [7, 11) is -3.89. The van der Waals surface area contributed by atoms with E-state index >= 15 is 0 Å². The van der Waals surface area contributed by atoms with Crippen molar-refractivity contribution in [3.8, 4) is 0 Å². The van der Waals surface area contributed by atoms with E-state index in [1.54, 1.807) is 26.0 Å².